The molecule has 26 heavy (non-hydrogen) atoms. The lowest BCUT2D eigenvalue weighted by atomic mass is 10.0. The molecule has 0 bridgehead atoms. The van der Waals surface area contributed by atoms with Crippen LogP contribution in [0, 0.1) is 11.6 Å². The molecule has 1 aromatic carbocycles. The Hall–Kier alpha value is -3.13. The number of rotatable bonds is 5. The molecule has 3 aromatic rings. The first kappa shape index (κ1) is 17.7. The van der Waals surface area contributed by atoms with Gasteiger partial charge in [0.15, 0.2) is 5.76 Å². The van der Waals surface area contributed by atoms with Crippen molar-refractivity contribution in [1.29, 1.82) is 0 Å². The molecule has 0 fully saturated rings. The minimum Gasteiger partial charge on any atom is -0.385 e. The van der Waals surface area contributed by atoms with Crippen molar-refractivity contribution in [3.05, 3.63) is 71.2 Å². The van der Waals surface area contributed by atoms with Gasteiger partial charge in [0.2, 0.25) is 0 Å². The second-order valence-corrected chi connectivity index (χ2v) is 5.65. The molecule has 0 radical (unpaired) electrons. The molecule has 2 N–H and O–H groups in total. The Morgan fingerprint density at radius 1 is 1.31 bits per heavy atom. The largest absolute Gasteiger partial charge is 0.385 e. The summed E-state index contributed by atoms with van der Waals surface area (Å²) < 4.78 is 31.6. The van der Waals surface area contributed by atoms with Gasteiger partial charge in [-0.3, -0.25) is 9.78 Å². The van der Waals surface area contributed by atoms with Crippen molar-refractivity contribution in [3.63, 3.8) is 0 Å². The van der Waals surface area contributed by atoms with E-state index in [2.05, 4.69) is 15.5 Å². The van der Waals surface area contributed by atoms with E-state index in [0.29, 0.717) is 5.56 Å². The van der Waals surface area contributed by atoms with Crippen molar-refractivity contribution in [2.24, 2.45) is 0 Å². The van der Waals surface area contributed by atoms with E-state index >= 15 is 0 Å². The van der Waals surface area contributed by atoms with Gasteiger partial charge in [-0.25, -0.2) is 8.78 Å². The Bertz CT molecular complexity index is 906. The second-order valence-electron chi connectivity index (χ2n) is 5.65. The van der Waals surface area contributed by atoms with Crippen molar-refractivity contribution in [3.8, 4) is 11.3 Å². The van der Waals surface area contributed by atoms with E-state index < -0.39 is 23.6 Å². The summed E-state index contributed by atoms with van der Waals surface area (Å²) in [6.07, 6.45) is 2.00. The minimum atomic E-state index is -1.07. The van der Waals surface area contributed by atoms with Crippen LogP contribution < -0.4 is 5.32 Å². The van der Waals surface area contributed by atoms with Crippen LogP contribution in [0.2, 0.25) is 0 Å². The second kappa shape index (κ2) is 7.40. The molecule has 8 heteroatoms. The normalized spacial score (nSPS) is 12.0. The van der Waals surface area contributed by atoms with E-state index in [0.717, 1.165) is 18.2 Å². The molecule has 0 saturated carbocycles. The number of nitrogens with one attached hydrogen (secondary N) is 1. The van der Waals surface area contributed by atoms with Gasteiger partial charge in [0, 0.05) is 30.6 Å². The SMILES string of the molecule is CC(O)c1onc(-c2cccnc2)c1C(=O)NCc1cc(F)cc(F)c1. The number of carbonyl (C=O) groups excluding carboxylic acids is 1. The third kappa shape index (κ3) is 3.75. The number of amides is 1. The highest BCUT2D eigenvalue weighted by molar-refractivity contribution is 6.00. The summed E-state index contributed by atoms with van der Waals surface area (Å²) in [4.78, 5) is 16.6. The molecular weight excluding hydrogens is 344 g/mol. The van der Waals surface area contributed by atoms with Gasteiger partial charge >= 0.3 is 0 Å². The molecule has 0 aliphatic carbocycles. The fraction of sp³-hybridized carbons (Fsp3) is 0.167. The van der Waals surface area contributed by atoms with Crippen LogP contribution in [0.1, 0.15) is 34.7 Å². The Kier molecular flexibility index (Phi) is 5.04. The molecule has 2 aromatic heterocycles. The lowest BCUT2D eigenvalue weighted by Gasteiger charge is -2.08. The predicted octanol–water partition coefficient (Wildman–Crippen LogP) is 3.00. The van der Waals surface area contributed by atoms with Crippen molar-refractivity contribution >= 4 is 5.91 Å². The third-order valence-electron chi connectivity index (χ3n) is 3.64. The molecule has 6 nitrogen and oxygen atoms in total. The first-order valence-corrected chi connectivity index (χ1v) is 7.77. The molecule has 0 aliphatic heterocycles. The van der Waals surface area contributed by atoms with Crippen LogP contribution in [0.15, 0.2) is 47.2 Å². The van der Waals surface area contributed by atoms with Crippen LogP contribution in [0.25, 0.3) is 11.3 Å². The molecule has 0 saturated heterocycles. The summed E-state index contributed by atoms with van der Waals surface area (Å²) in [5.74, 6) is -2.07. The summed E-state index contributed by atoms with van der Waals surface area (Å²) in [7, 11) is 0. The Balaban J connectivity index is 1.89. The van der Waals surface area contributed by atoms with Crippen LogP contribution in [0.5, 0.6) is 0 Å². The topological polar surface area (TPSA) is 88.2 Å². The Labute approximate surface area is 147 Å². The zero-order valence-electron chi connectivity index (χ0n) is 13.7. The number of benzene rings is 1. The van der Waals surface area contributed by atoms with Gasteiger partial charge in [-0.2, -0.15) is 0 Å². The van der Waals surface area contributed by atoms with Gasteiger partial charge < -0.3 is 14.9 Å². The van der Waals surface area contributed by atoms with Crippen LogP contribution in [0.4, 0.5) is 8.78 Å². The van der Waals surface area contributed by atoms with Crippen molar-refractivity contribution in [2.45, 2.75) is 19.6 Å². The number of aromatic nitrogens is 2. The molecule has 0 spiro atoms. The van der Waals surface area contributed by atoms with Crippen LogP contribution in [-0.4, -0.2) is 21.2 Å². The van der Waals surface area contributed by atoms with Crippen molar-refractivity contribution < 1.29 is 23.2 Å². The molecule has 3 rings (SSSR count). The van der Waals surface area contributed by atoms with E-state index in [4.69, 9.17) is 4.52 Å². The monoisotopic (exact) mass is 359 g/mol. The van der Waals surface area contributed by atoms with Gasteiger partial charge in [0.25, 0.3) is 5.91 Å². The number of hydrogen-bond donors (Lipinski definition) is 2. The average Bonchev–Trinajstić information content (AvgIpc) is 3.05. The molecule has 134 valence electrons. The van der Waals surface area contributed by atoms with Crippen LogP contribution in [-0.2, 0) is 6.54 Å². The lowest BCUT2D eigenvalue weighted by Crippen LogP contribution is -2.24. The molecule has 1 amide bonds. The summed E-state index contributed by atoms with van der Waals surface area (Å²) >= 11 is 0. The Morgan fingerprint density at radius 2 is 2.04 bits per heavy atom. The maximum Gasteiger partial charge on any atom is 0.257 e. The standard InChI is InChI=1S/C18H15F2N3O3/c1-10(24)17-15(16(23-26-17)12-3-2-4-21-9-12)18(25)22-8-11-5-13(19)7-14(20)6-11/h2-7,9-10,24H,8H2,1H3,(H,22,25). The van der Waals surface area contributed by atoms with Crippen molar-refractivity contribution in [1.82, 2.24) is 15.5 Å². The maximum absolute atomic E-state index is 13.3. The number of pyridine rings is 1. The van der Waals surface area contributed by atoms with E-state index in [1.54, 1.807) is 18.3 Å². The summed E-state index contributed by atoms with van der Waals surface area (Å²) in [6, 6.07) is 6.35. The molecule has 1 atom stereocenters. The van der Waals surface area contributed by atoms with Gasteiger partial charge in [-0.1, -0.05) is 5.16 Å². The first-order chi connectivity index (χ1) is 12.5. The van der Waals surface area contributed by atoms with Gasteiger partial charge in [0.1, 0.15) is 29.0 Å². The molecule has 1 unspecified atom stereocenters. The molecular formula is C18H15F2N3O3. The summed E-state index contributed by atoms with van der Waals surface area (Å²) in [6.45, 7) is 1.33. The smallest absolute Gasteiger partial charge is 0.257 e. The zero-order valence-corrected chi connectivity index (χ0v) is 13.7. The van der Waals surface area contributed by atoms with Gasteiger partial charge in [0.05, 0.1) is 0 Å². The number of halogens is 2. The lowest BCUT2D eigenvalue weighted by molar-refractivity contribution is 0.0938. The number of carbonyl (C=O) groups is 1. The van der Waals surface area contributed by atoms with E-state index in [9.17, 15) is 18.7 Å². The number of nitrogens with zero attached hydrogens (tertiary/aromatic N) is 2. The van der Waals surface area contributed by atoms with E-state index in [1.807, 2.05) is 0 Å². The van der Waals surface area contributed by atoms with Crippen LogP contribution >= 0.6 is 0 Å². The number of aliphatic hydroxyl groups is 1. The van der Waals surface area contributed by atoms with Gasteiger partial charge in [-0.15, -0.1) is 0 Å². The summed E-state index contributed by atoms with van der Waals surface area (Å²) in [5.41, 5.74) is 1.06. The number of aliphatic hydroxyl groups excluding tert-OH is 1. The highest BCUT2D eigenvalue weighted by Gasteiger charge is 2.26. The first-order valence-electron chi connectivity index (χ1n) is 7.77. The quantitative estimate of drug-likeness (QED) is 0.731. The zero-order chi connectivity index (χ0) is 18.7. The molecule has 0 aliphatic rings. The highest BCUT2D eigenvalue weighted by Crippen LogP contribution is 2.28. The van der Waals surface area contributed by atoms with E-state index in [1.165, 1.54) is 13.1 Å². The number of hydrogen-bond acceptors (Lipinski definition) is 5. The Morgan fingerprint density at radius 3 is 2.65 bits per heavy atom. The van der Waals surface area contributed by atoms with Crippen molar-refractivity contribution in [2.75, 3.05) is 0 Å². The molecule has 2 heterocycles. The maximum atomic E-state index is 13.3. The predicted molar refractivity (Wildman–Crippen MR) is 87.9 cm³/mol. The average molecular weight is 359 g/mol. The van der Waals surface area contributed by atoms with Crippen LogP contribution in [0.3, 0.4) is 0 Å². The fourth-order valence-corrected chi connectivity index (χ4v) is 2.49. The fourth-order valence-electron chi connectivity index (χ4n) is 2.49. The summed E-state index contributed by atoms with van der Waals surface area (Å²) in [5, 5.41) is 16.3. The minimum absolute atomic E-state index is 0.00761. The van der Waals surface area contributed by atoms with E-state index in [-0.39, 0.29) is 29.1 Å². The van der Waals surface area contributed by atoms with Gasteiger partial charge in [-0.05, 0) is 36.8 Å². The third-order valence-corrected chi connectivity index (χ3v) is 3.64. The highest BCUT2D eigenvalue weighted by atomic mass is 19.1.